The Kier molecular flexibility index (Phi) is 44.9. The van der Waals surface area contributed by atoms with Gasteiger partial charge in [-0.1, -0.05) is 136 Å². The van der Waals surface area contributed by atoms with Gasteiger partial charge in [-0.15, -0.1) is 0 Å². The van der Waals surface area contributed by atoms with E-state index in [9.17, 15) is 88.5 Å². The number of nitro benzene ring substituents is 3. The van der Waals surface area contributed by atoms with Crippen LogP contribution in [0.15, 0.2) is 131 Å². The number of anilines is 2. The van der Waals surface area contributed by atoms with Crippen molar-refractivity contribution in [1.29, 1.82) is 0 Å². The number of carbonyl (C=O) groups is 8. The third-order valence-electron chi connectivity index (χ3n) is 22.4. The number of phenolic OH excluding ortho intramolecular Hbond substituents is 1. The number of esters is 3. The molecular formula is C99H130N8Na2O29. The average molecular weight is 1940 g/mol. The number of nitrogens with one attached hydrogen (secondary N) is 3. The number of methoxy groups -OCH3 is 1. The van der Waals surface area contributed by atoms with E-state index in [1.165, 1.54) is 57.3 Å². The van der Waals surface area contributed by atoms with Crippen molar-refractivity contribution in [3.63, 3.8) is 0 Å². The average Bonchev–Trinajstić information content (AvgIpc) is 1.68. The maximum Gasteiger partial charge on any atom is 1.00 e. The van der Waals surface area contributed by atoms with Crippen LogP contribution in [0.3, 0.4) is 0 Å². The van der Waals surface area contributed by atoms with Gasteiger partial charge in [-0.2, -0.15) is 0 Å². The Bertz CT molecular complexity index is 6110. The molecule has 2 amide bonds. The zero-order valence-electron chi connectivity index (χ0n) is 83.5. The van der Waals surface area contributed by atoms with Gasteiger partial charge in [0, 0.05) is 130 Å². The van der Waals surface area contributed by atoms with Crippen molar-refractivity contribution in [2.24, 2.45) is 5.73 Å². The van der Waals surface area contributed by atoms with Crippen LogP contribution >= 0.6 is 0 Å². The molecule has 4 aliphatic heterocycles. The molecular weight excluding hydrogens is 1810 g/mol. The summed E-state index contributed by atoms with van der Waals surface area (Å²) in [5.41, 5.74) is 12.3. The second-order valence-corrected chi connectivity index (χ2v) is 39.2. The summed E-state index contributed by atoms with van der Waals surface area (Å²) in [4.78, 5) is 156. The number of aromatic nitrogens is 2. The number of H-pyrrole nitrogens is 2. The molecule has 0 unspecified atom stereocenters. The number of carboxylic acids is 2. The number of aromatic carboxylic acids is 1. The number of aliphatic hydroxyl groups is 2. The summed E-state index contributed by atoms with van der Waals surface area (Å²) >= 11 is 0. The predicted molar refractivity (Wildman–Crippen MR) is 515 cm³/mol. The summed E-state index contributed by atoms with van der Waals surface area (Å²) in [6.07, 6.45) is 4.15. The molecule has 2 aromatic heterocycles. The van der Waals surface area contributed by atoms with Crippen molar-refractivity contribution in [3.8, 4) is 28.7 Å². The van der Waals surface area contributed by atoms with Crippen molar-refractivity contribution in [1.82, 2.24) is 9.97 Å². The SMILES string of the molecule is C.C1CCOC1.CC(C)(C)c1cc(C(C)(C)C(=O)O)c(O)cc1[N+](=O)[O-].CC(C)(C)c1cc2c(cc1N)OC(=O)C2(C)C.CC(C)(C)c1cc2c(cc1NC(=O)c1c[nH]c3ccccc3c1=O)OC(=O)C2(C)C.CC(C)(C)c1cc2c(cc1[N+](=O)[O-])OC(=O)C2(C)C.CO.CO.COC(=O)Oc1cc([N+](=O)[O-])c(C(C)(C)C)cc1C(C)(C)C(N)=O.O=C(O)c1c[nH]c2ccccc2c1=O.[Na+].[Na+].[OH-].[OH-]. The van der Waals surface area contributed by atoms with E-state index in [-0.39, 0.29) is 168 Å². The summed E-state index contributed by atoms with van der Waals surface area (Å²) in [5.74, 6) is -3.59. The number of pyridine rings is 2. The van der Waals surface area contributed by atoms with E-state index >= 15 is 0 Å². The van der Waals surface area contributed by atoms with Crippen LogP contribution in [0, 0.1) is 30.3 Å². The number of aliphatic hydroxyl groups excluding tert-OH is 2. The predicted octanol–water partition coefficient (Wildman–Crippen LogP) is 11.4. The number of carboxylic acid groups (broad SMARTS) is 2. The Hall–Kier alpha value is -11.9. The molecule has 1 fully saturated rings. The second-order valence-electron chi connectivity index (χ2n) is 39.2. The number of aromatic amines is 2. The van der Waals surface area contributed by atoms with Gasteiger partial charge >= 0.3 is 95.1 Å². The molecule has 138 heavy (non-hydrogen) atoms. The number of fused-ring (bicyclic) bond motifs is 5. The van der Waals surface area contributed by atoms with E-state index in [4.69, 9.17) is 50.5 Å². The zero-order chi connectivity index (χ0) is 102. The number of nitro groups is 3. The van der Waals surface area contributed by atoms with Crippen molar-refractivity contribution in [3.05, 3.63) is 239 Å². The molecule has 4 aliphatic rings. The number of benzene rings is 7. The molecule has 0 spiro atoms. The maximum absolute atomic E-state index is 13.0. The Balaban J connectivity index is 0.00000161. The number of amides is 2. The zero-order valence-corrected chi connectivity index (χ0v) is 87.5. The summed E-state index contributed by atoms with van der Waals surface area (Å²) in [5, 5.41) is 79.3. The summed E-state index contributed by atoms with van der Waals surface area (Å²) in [6, 6.07) is 29.4. The number of nitrogens with zero attached hydrogens (tertiary/aromatic N) is 3. The third-order valence-corrected chi connectivity index (χ3v) is 22.4. The number of phenols is 1. The van der Waals surface area contributed by atoms with Crippen molar-refractivity contribution >= 4 is 98.1 Å². The van der Waals surface area contributed by atoms with Gasteiger partial charge < -0.3 is 91.7 Å². The molecule has 13 rings (SSSR count). The number of aliphatic carboxylic acids is 1. The number of aromatic hydroxyl groups is 1. The molecule has 6 heterocycles. The number of ether oxygens (including phenoxy) is 6. The molecule has 0 bridgehead atoms. The quantitative estimate of drug-likeness (QED) is 0.0109. The van der Waals surface area contributed by atoms with Crippen molar-refractivity contribution < 1.29 is 177 Å². The standard InChI is InChI=1S/C24H24N2O4.C16H22N2O6.C14H19NO5.C14H17NO4.C14H19NO2.C10H7NO3.C4H8O.2CH4O.CH4.2Na.2H2O/c1-23(2,3)15-10-16-19(30-22(29)24(16,4)5)11-18(15)26-21(28)14-12-25-17-9-7-6-8-13(17)20(14)27;1-15(2,3)9-7-10(16(4,5)13(17)19)12(24-14(20)23-6)8-11(9)18(21)22;1-13(2,3)8-6-9(14(4,5)12(17)18)11(16)7-10(8)15(19)20;1-13(2,3)8-6-9-11(7-10(8)15(17)18)19-12(16)14(9,4)5;1-13(2,3)8-6-9-11(7-10(8)15)17-12(16)14(9,4)5;12-9-6-3-1-2-4-8(6)11-5-7(9)10(13)14;1-2-4-5-3-1;2*1-2;;;;;/h6-12H,1-5H3,(H,25,27)(H,26,28);7-8H,1-6H3,(H2,17,19);6-7,16H,1-5H3,(H,17,18);6-7H,1-5H3;6-7H,15H2,1-5H3;1-5H,(H,11,12)(H,13,14);1-4H2;2*2H,1H3;1H4;;;2*1H2/q;;;;;;;;;;2*+1;;/p-2. The summed E-state index contributed by atoms with van der Waals surface area (Å²) in [7, 11) is 3.11. The first-order chi connectivity index (χ1) is 61.1. The molecule has 1 saturated heterocycles. The van der Waals surface area contributed by atoms with Crippen LogP contribution in [-0.2, 0) is 87.6 Å². The largest absolute Gasteiger partial charge is 1.00 e. The van der Waals surface area contributed by atoms with Crippen LogP contribution in [0.1, 0.15) is 270 Å². The van der Waals surface area contributed by atoms with E-state index in [1.54, 1.807) is 130 Å². The fraction of sp³-hybridized carbons (Fsp3) is 0.434. The number of carbonyl (C=O) groups excluding carboxylic acids is 6. The molecule has 39 heteroatoms. The van der Waals surface area contributed by atoms with E-state index in [2.05, 4.69) is 40.8 Å². The topological polar surface area (TPSA) is 612 Å². The molecule has 7 aromatic carbocycles. The van der Waals surface area contributed by atoms with Crippen LogP contribution in [0.4, 0.5) is 33.2 Å². The Morgan fingerprint density at radius 3 is 1.17 bits per heavy atom. The van der Waals surface area contributed by atoms with Crippen LogP contribution in [0.5, 0.6) is 28.7 Å². The molecule has 0 saturated carbocycles. The number of nitrogens with two attached hydrogens (primary N) is 2. The van der Waals surface area contributed by atoms with Gasteiger partial charge in [0.15, 0.2) is 0 Å². The maximum atomic E-state index is 13.0. The van der Waals surface area contributed by atoms with E-state index in [0.717, 1.165) is 68.9 Å². The van der Waals surface area contributed by atoms with Crippen molar-refractivity contribution in [2.75, 3.05) is 45.6 Å². The minimum Gasteiger partial charge on any atom is -0.870 e. The van der Waals surface area contributed by atoms with Crippen LogP contribution in [0.2, 0.25) is 0 Å². The number of hydrogen-bond donors (Lipinski definition) is 10. The fourth-order valence-corrected chi connectivity index (χ4v) is 14.1. The van der Waals surface area contributed by atoms with Gasteiger partial charge in [0.2, 0.25) is 16.8 Å². The molecule has 0 atom stereocenters. The van der Waals surface area contributed by atoms with Gasteiger partial charge in [0.05, 0.1) is 67.2 Å². The van der Waals surface area contributed by atoms with Crippen LogP contribution < -0.4 is 106 Å². The Labute approximate surface area is 845 Å². The minimum atomic E-state index is -1.33. The monoisotopic (exact) mass is 1940 g/mol. The normalized spacial score (nSPS) is 13.6. The number of hydrogen-bond acceptors (Lipinski definition) is 28. The van der Waals surface area contributed by atoms with Crippen LogP contribution in [0.25, 0.3) is 21.8 Å². The Morgan fingerprint density at radius 1 is 0.471 bits per heavy atom. The number of para-hydroxylation sites is 2. The van der Waals surface area contributed by atoms with Gasteiger partial charge in [0.1, 0.15) is 39.9 Å². The first-order valence-corrected chi connectivity index (χ1v) is 42.1. The van der Waals surface area contributed by atoms with Crippen LogP contribution in [-0.4, -0.2) is 144 Å². The first kappa shape index (κ1) is 126. The number of rotatable bonds is 11. The fourth-order valence-electron chi connectivity index (χ4n) is 14.1. The van der Waals surface area contributed by atoms with Gasteiger partial charge in [0.25, 0.3) is 23.0 Å². The molecule has 0 radical (unpaired) electrons. The summed E-state index contributed by atoms with van der Waals surface area (Å²) in [6.45, 7) is 47.8. The minimum absolute atomic E-state index is 0. The third kappa shape index (κ3) is 29.4. The summed E-state index contributed by atoms with van der Waals surface area (Å²) < 4.78 is 30.2. The molecule has 14 N–H and O–H groups in total. The molecule has 742 valence electrons. The Morgan fingerprint density at radius 2 is 0.812 bits per heavy atom. The second kappa shape index (κ2) is 49.1. The molecule has 9 aromatic rings. The van der Waals surface area contributed by atoms with Gasteiger partial charge in [-0.25, -0.2) is 9.59 Å². The molecule has 0 aliphatic carbocycles. The van der Waals surface area contributed by atoms with Crippen molar-refractivity contribution in [2.45, 2.75) is 248 Å². The first-order valence-electron chi connectivity index (χ1n) is 42.1. The van der Waals surface area contributed by atoms with Gasteiger partial charge in [-0.05, 0) is 175 Å². The number of primary amides is 1. The van der Waals surface area contributed by atoms with E-state index < -0.39 is 88.0 Å². The smallest absolute Gasteiger partial charge is 0.870 e. The molecule has 37 nitrogen and oxygen atoms in total. The van der Waals surface area contributed by atoms with E-state index in [0.29, 0.717) is 72.7 Å². The van der Waals surface area contributed by atoms with Gasteiger partial charge in [-0.3, -0.25) is 68.7 Å². The number of nitrogen functional groups attached to an aromatic ring is 1. The van der Waals surface area contributed by atoms with E-state index in [1.807, 2.05) is 87.4 Å².